The van der Waals surface area contributed by atoms with Gasteiger partial charge in [0.1, 0.15) is 0 Å². The van der Waals surface area contributed by atoms with Crippen molar-refractivity contribution in [2.24, 2.45) is 0 Å². The molecular weight excluding hydrogens is 329 g/mol. The van der Waals surface area contributed by atoms with Crippen LogP contribution in [-0.2, 0) is 16.4 Å². The molecule has 2 aromatic carbocycles. The van der Waals surface area contributed by atoms with Crippen LogP contribution in [0.25, 0.3) is 0 Å². The third-order valence-electron chi connectivity index (χ3n) is 3.70. The minimum Gasteiger partial charge on any atom is -0.376 e. The Morgan fingerprint density at radius 1 is 0.840 bits per heavy atom. The lowest BCUT2D eigenvalue weighted by molar-refractivity contribution is -0.137. The largest absolute Gasteiger partial charge is 0.416 e. The first-order chi connectivity index (χ1) is 11.6. The van der Waals surface area contributed by atoms with Gasteiger partial charge in [-0.15, -0.1) is 0 Å². The Hall–Kier alpha value is -2.50. The van der Waals surface area contributed by atoms with Crippen LogP contribution in [0.15, 0.2) is 48.5 Å². The molecule has 2 aromatic rings. The van der Waals surface area contributed by atoms with Crippen LogP contribution in [0.5, 0.6) is 0 Å². The average molecular weight is 350 g/mol. The lowest BCUT2D eigenvalue weighted by Gasteiger charge is -2.19. The smallest absolute Gasteiger partial charge is 0.376 e. The van der Waals surface area contributed by atoms with Crippen molar-refractivity contribution in [2.45, 2.75) is 32.4 Å². The molecule has 25 heavy (non-hydrogen) atoms. The molecule has 0 atom stereocenters. The molecular formula is C19H21F3N2O. The Bertz CT molecular complexity index is 714. The molecule has 0 unspecified atom stereocenters. The summed E-state index contributed by atoms with van der Waals surface area (Å²) in [7, 11) is 0. The number of rotatable bonds is 4. The van der Waals surface area contributed by atoms with Gasteiger partial charge in [0, 0.05) is 11.4 Å². The number of hydrogen-bond acceptors (Lipinski definition) is 2. The van der Waals surface area contributed by atoms with E-state index >= 15 is 0 Å². The molecule has 2 rings (SSSR count). The van der Waals surface area contributed by atoms with Gasteiger partial charge in [-0.2, -0.15) is 13.2 Å². The number of anilines is 2. The van der Waals surface area contributed by atoms with Gasteiger partial charge in [-0.05, 0) is 47.4 Å². The van der Waals surface area contributed by atoms with Crippen LogP contribution in [0.3, 0.4) is 0 Å². The molecule has 0 fully saturated rings. The summed E-state index contributed by atoms with van der Waals surface area (Å²) in [5.74, 6) is -0.275. The molecule has 0 aliphatic rings. The molecule has 0 saturated carbocycles. The maximum Gasteiger partial charge on any atom is 0.416 e. The normalized spacial score (nSPS) is 11.9. The van der Waals surface area contributed by atoms with Crippen LogP contribution in [0.2, 0.25) is 0 Å². The summed E-state index contributed by atoms with van der Waals surface area (Å²) in [5.41, 5.74) is 1.60. The second-order valence-electron chi connectivity index (χ2n) is 6.80. The van der Waals surface area contributed by atoms with E-state index in [0.29, 0.717) is 11.4 Å². The third kappa shape index (κ3) is 5.52. The average Bonchev–Trinajstić information content (AvgIpc) is 2.52. The van der Waals surface area contributed by atoms with Crippen LogP contribution in [0.1, 0.15) is 31.9 Å². The van der Waals surface area contributed by atoms with E-state index in [1.165, 1.54) is 12.1 Å². The van der Waals surface area contributed by atoms with Crippen molar-refractivity contribution in [1.29, 1.82) is 0 Å². The highest BCUT2D eigenvalue weighted by molar-refractivity contribution is 5.93. The van der Waals surface area contributed by atoms with Gasteiger partial charge >= 0.3 is 6.18 Å². The second-order valence-corrected chi connectivity index (χ2v) is 6.80. The van der Waals surface area contributed by atoms with Gasteiger partial charge in [0.05, 0.1) is 12.1 Å². The van der Waals surface area contributed by atoms with Crippen LogP contribution in [-0.4, -0.2) is 12.5 Å². The lowest BCUT2D eigenvalue weighted by Crippen LogP contribution is -2.22. The molecule has 0 spiro atoms. The van der Waals surface area contributed by atoms with E-state index in [0.717, 1.165) is 17.7 Å². The van der Waals surface area contributed by atoms with Gasteiger partial charge in [0.25, 0.3) is 0 Å². The third-order valence-corrected chi connectivity index (χ3v) is 3.70. The minimum absolute atomic E-state index is 0.0344. The standard InChI is InChI=1S/C19H21F3N2O/c1-18(2,3)13-4-10-16(11-5-13)24-17(25)12-23-15-8-6-14(7-9-15)19(20,21)22/h4-11,23H,12H2,1-3H3,(H,24,25). The molecule has 0 aliphatic carbocycles. The summed E-state index contributed by atoms with van der Waals surface area (Å²) in [4.78, 5) is 11.9. The molecule has 134 valence electrons. The highest BCUT2D eigenvalue weighted by Crippen LogP contribution is 2.29. The zero-order valence-electron chi connectivity index (χ0n) is 14.4. The molecule has 0 bridgehead atoms. The minimum atomic E-state index is -4.37. The topological polar surface area (TPSA) is 41.1 Å². The number of alkyl halides is 3. The van der Waals surface area contributed by atoms with E-state index in [1.54, 1.807) is 0 Å². The maximum absolute atomic E-state index is 12.5. The van der Waals surface area contributed by atoms with E-state index in [9.17, 15) is 18.0 Å². The van der Waals surface area contributed by atoms with Crippen molar-refractivity contribution < 1.29 is 18.0 Å². The Morgan fingerprint density at radius 2 is 1.32 bits per heavy atom. The van der Waals surface area contributed by atoms with Gasteiger partial charge in [-0.1, -0.05) is 32.9 Å². The molecule has 0 saturated heterocycles. The second kappa shape index (κ2) is 7.17. The molecule has 0 heterocycles. The number of carbonyl (C=O) groups is 1. The highest BCUT2D eigenvalue weighted by atomic mass is 19.4. The fraction of sp³-hybridized carbons (Fsp3) is 0.316. The Balaban J connectivity index is 1.88. The Labute approximate surface area is 145 Å². The van der Waals surface area contributed by atoms with Gasteiger partial charge in [-0.3, -0.25) is 4.79 Å². The fourth-order valence-corrected chi connectivity index (χ4v) is 2.22. The van der Waals surface area contributed by atoms with Gasteiger partial charge in [0.15, 0.2) is 0 Å². The van der Waals surface area contributed by atoms with Crippen molar-refractivity contribution in [1.82, 2.24) is 0 Å². The van der Waals surface area contributed by atoms with E-state index in [4.69, 9.17) is 0 Å². The van der Waals surface area contributed by atoms with E-state index in [2.05, 4.69) is 31.4 Å². The quantitative estimate of drug-likeness (QED) is 0.810. The predicted octanol–water partition coefficient (Wildman–Crippen LogP) is 5.05. The van der Waals surface area contributed by atoms with Gasteiger partial charge < -0.3 is 10.6 Å². The van der Waals surface area contributed by atoms with Crippen molar-refractivity contribution in [3.63, 3.8) is 0 Å². The van der Waals surface area contributed by atoms with Crippen molar-refractivity contribution in [3.05, 3.63) is 59.7 Å². The zero-order valence-corrected chi connectivity index (χ0v) is 14.4. The van der Waals surface area contributed by atoms with Gasteiger partial charge in [0.2, 0.25) is 5.91 Å². The Morgan fingerprint density at radius 3 is 1.80 bits per heavy atom. The van der Waals surface area contributed by atoms with Crippen LogP contribution in [0, 0.1) is 0 Å². The predicted molar refractivity (Wildman–Crippen MR) is 93.7 cm³/mol. The molecule has 6 heteroatoms. The summed E-state index contributed by atoms with van der Waals surface area (Å²) >= 11 is 0. The zero-order chi connectivity index (χ0) is 18.7. The number of benzene rings is 2. The first kappa shape index (κ1) is 18.8. The van der Waals surface area contributed by atoms with E-state index in [1.807, 2.05) is 24.3 Å². The van der Waals surface area contributed by atoms with Crippen molar-refractivity contribution in [3.8, 4) is 0 Å². The number of carbonyl (C=O) groups excluding carboxylic acids is 1. The Kier molecular flexibility index (Phi) is 5.40. The summed E-state index contributed by atoms with van der Waals surface area (Å²) in [6, 6.07) is 12.1. The SMILES string of the molecule is CC(C)(C)c1ccc(NC(=O)CNc2ccc(C(F)(F)F)cc2)cc1. The number of amides is 1. The fourth-order valence-electron chi connectivity index (χ4n) is 2.22. The summed E-state index contributed by atoms with van der Waals surface area (Å²) < 4.78 is 37.5. The summed E-state index contributed by atoms with van der Waals surface area (Å²) in [6.45, 7) is 6.28. The lowest BCUT2D eigenvalue weighted by atomic mass is 9.87. The summed E-state index contributed by atoms with van der Waals surface area (Å²) in [5, 5.41) is 5.54. The van der Waals surface area contributed by atoms with Gasteiger partial charge in [-0.25, -0.2) is 0 Å². The molecule has 0 aromatic heterocycles. The monoisotopic (exact) mass is 350 g/mol. The molecule has 0 aliphatic heterocycles. The summed E-state index contributed by atoms with van der Waals surface area (Å²) in [6.07, 6.45) is -4.37. The van der Waals surface area contributed by atoms with E-state index < -0.39 is 11.7 Å². The van der Waals surface area contributed by atoms with Crippen LogP contribution in [0.4, 0.5) is 24.5 Å². The van der Waals surface area contributed by atoms with Crippen molar-refractivity contribution in [2.75, 3.05) is 17.2 Å². The molecule has 3 nitrogen and oxygen atoms in total. The molecule has 2 N–H and O–H groups in total. The first-order valence-electron chi connectivity index (χ1n) is 7.87. The maximum atomic E-state index is 12.5. The van der Waals surface area contributed by atoms with Crippen LogP contribution < -0.4 is 10.6 Å². The van der Waals surface area contributed by atoms with Crippen molar-refractivity contribution >= 4 is 17.3 Å². The number of hydrogen-bond donors (Lipinski definition) is 2. The number of halogens is 3. The van der Waals surface area contributed by atoms with Crippen LogP contribution >= 0.6 is 0 Å². The first-order valence-corrected chi connectivity index (χ1v) is 7.87. The number of nitrogens with one attached hydrogen (secondary N) is 2. The van der Waals surface area contributed by atoms with E-state index in [-0.39, 0.29) is 17.9 Å². The molecule has 0 radical (unpaired) electrons. The molecule has 1 amide bonds. The highest BCUT2D eigenvalue weighted by Gasteiger charge is 2.29.